The summed E-state index contributed by atoms with van der Waals surface area (Å²) in [5, 5.41) is 4.42. The quantitative estimate of drug-likeness (QED) is 0.699. The molecule has 0 aliphatic carbocycles. The summed E-state index contributed by atoms with van der Waals surface area (Å²) in [5.41, 5.74) is 10.2. The van der Waals surface area contributed by atoms with Crippen molar-refractivity contribution in [2.45, 2.75) is 13.8 Å². The van der Waals surface area contributed by atoms with E-state index in [1.165, 1.54) is 0 Å². The SMILES string of the molecule is Cc1nn(-c2nccc3c2ncn3C)c(C)c1N. The Morgan fingerprint density at radius 3 is 2.67 bits per heavy atom. The standard InChI is InChI=1S/C12H14N6/c1-7-10(13)8(2)18(16-7)12-11-9(4-5-14-12)17(3)6-15-11/h4-6H,13H2,1-3H3. The van der Waals surface area contributed by atoms with Crippen molar-refractivity contribution in [3.63, 3.8) is 0 Å². The molecule has 3 rings (SSSR count). The maximum absolute atomic E-state index is 5.95. The van der Waals surface area contributed by atoms with E-state index in [0.717, 1.165) is 22.4 Å². The molecule has 0 amide bonds. The van der Waals surface area contributed by atoms with Gasteiger partial charge in [0.05, 0.1) is 28.9 Å². The van der Waals surface area contributed by atoms with Gasteiger partial charge in [-0.15, -0.1) is 0 Å². The second-order valence-electron chi connectivity index (χ2n) is 4.35. The molecule has 0 aliphatic heterocycles. The van der Waals surface area contributed by atoms with Crippen LogP contribution in [-0.4, -0.2) is 24.3 Å². The number of fused-ring (bicyclic) bond motifs is 1. The lowest BCUT2D eigenvalue weighted by Gasteiger charge is -2.04. The number of hydrogen-bond acceptors (Lipinski definition) is 4. The minimum Gasteiger partial charge on any atom is -0.396 e. The Morgan fingerprint density at radius 2 is 2.00 bits per heavy atom. The minimum atomic E-state index is 0.699. The van der Waals surface area contributed by atoms with Crippen LogP contribution in [0, 0.1) is 13.8 Å². The smallest absolute Gasteiger partial charge is 0.181 e. The van der Waals surface area contributed by atoms with Crippen LogP contribution in [0.15, 0.2) is 18.6 Å². The zero-order valence-electron chi connectivity index (χ0n) is 10.5. The molecule has 0 saturated carbocycles. The predicted molar refractivity (Wildman–Crippen MR) is 69.5 cm³/mol. The molecule has 0 fully saturated rings. The first kappa shape index (κ1) is 10.8. The van der Waals surface area contributed by atoms with E-state index >= 15 is 0 Å². The lowest BCUT2D eigenvalue weighted by atomic mass is 10.3. The van der Waals surface area contributed by atoms with Crippen molar-refractivity contribution in [2.24, 2.45) is 7.05 Å². The highest BCUT2D eigenvalue weighted by Crippen LogP contribution is 2.22. The van der Waals surface area contributed by atoms with Crippen LogP contribution in [0.1, 0.15) is 11.4 Å². The van der Waals surface area contributed by atoms with E-state index in [1.807, 2.05) is 31.5 Å². The summed E-state index contributed by atoms with van der Waals surface area (Å²) < 4.78 is 3.70. The van der Waals surface area contributed by atoms with Crippen molar-refractivity contribution in [3.05, 3.63) is 30.0 Å². The summed E-state index contributed by atoms with van der Waals surface area (Å²) in [4.78, 5) is 8.75. The van der Waals surface area contributed by atoms with E-state index in [1.54, 1.807) is 17.2 Å². The molecule has 0 unspecified atom stereocenters. The van der Waals surface area contributed by atoms with Crippen molar-refractivity contribution >= 4 is 16.7 Å². The van der Waals surface area contributed by atoms with Gasteiger partial charge in [0.15, 0.2) is 5.82 Å². The van der Waals surface area contributed by atoms with Gasteiger partial charge in [-0.2, -0.15) is 5.10 Å². The maximum atomic E-state index is 5.95. The van der Waals surface area contributed by atoms with Crippen LogP contribution in [0.2, 0.25) is 0 Å². The lowest BCUT2D eigenvalue weighted by Crippen LogP contribution is -2.03. The number of pyridine rings is 1. The third-order valence-corrected chi connectivity index (χ3v) is 3.17. The van der Waals surface area contributed by atoms with E-state index in [0.29, 0.717) is 11.5 Å². The van der Waals surface area contributed by atoms with E-state index < -0.39 is 0 Å². The third kappa shape index (κ3) is 1.32. The monoisotopic (exact) mass is 242 g/mol. The number of rotatable bonds is 1. The van der Waals surface area contributed by atoms with E-state index in [2.05, 4.69) is 15.1 Å². The fraction of sp³-hybridized carbons (Fsp3) is 0.250. The Morgan fingerprint density at radius 1 is 1.22 bits per heavy atom. The molecule has 6 nitrogen and oxygen atoms in total. The number of aryl methyl sites for hydroxylation is 2. The van der Waals surface area contributed by atoms with Crippen LogP contribution in [0.3, 0.4) is 0 Å². The van der Waals surface area contributed by atoms with Gasteiger partial charge < -0.3 is 10.3 Å². The highest BCUT2D eigenvalue weighted by molar-refractivity contribution is 5.82. The molecule has 92 valence electrons. The summed E-state index contributed by atoms with van der Waals surface area (Å²) in [7, 11) is 1.95. The second-order valence-corrected chi connectivity index (χ2v) is 4.35. The molecule has 3 heterocycles. The average Bonchev–Trinajstić information content (AvgIpc) is 2.86. The summed E-state index contributed by atoms with van der Waals surface area (Å²) in [6, 6.07) is 1.93. The van der Waals surface area contributed by atoms with Gasteiger partial charge in [-0.1, -0.05) is 0 Å². The van der Waals surface area contributed by atoms with E-state index in [-0.39, 0.29) is 0 Å². The van der Waals surface area contributed by atoms with Crippen molar-refractivity contribution < 1.29 is 0 Å². The Labute approximate surface area is 104 Å². The maximum Gasteiger partial charge on any atom is 0.181 e. The van der Waals surface area contributed by atoms with Crippen LogP contribution in [-0.2, 0) is 7.05 Å². The molecule has 2 N–H and O–H groups in total. The Hall–Kier alpha value is -2.37. The van der Waals surface area contributed by atoms with Crippen LogP contribution in [0.4, 0.5) is 5.69 Å². The van der Waals surface area contributed by atoms with Crippen LogP contribution < -0.4 is 5.73 Å². The molecule has 18 heavy (non-hydrogen) atoms. The molecule has 0 bridgehead atoms. The third-order valence-electron chi connectivity index (χ3n) is 3.17. The summed E-state index contributed by atoms with van der Waals surface area (Å²) in [6.45, 7) is 3.82. The normalized spacial score (nSPS) is 11.3. The molecular formula is C12H14N6. The fourth-order valence-electron chi connectivity index (χ4n) is 2.06. The van der Waals surface area contributed by atoms with Gasteiger partial charge in [-0.25, -0.2) is 14.6 Å². The summed E-state index contributed by atoms with van der Waals surface area (Å²) in [6.07, 6.45) is 3.52. The number of nitrogen functional groups attached to an aromatic ring is 1. The predicted octanol–water partition coefficient (Wildman–Crippen LogP) is 1.35. The summed E-state index contributed by atoms with van der Waals surface area (Å²) in [5.74, 6) is 0.713. The van der Waals surface area contributed by atoms with Gasteiger partial charge in [0, 0.05) is 13.2 Å². The topological polar surface area (TPSA) is 74.5 Å². The number of anilines is 1. The Bertz CT molecular complexity index is 736. The fourth-order valence-corrected chi connectivity index (χ4v) is 2.06. The first-order valence-corrected chi connectivity index (χ1v) is 5.67. The molecule has 0 aromatic carbocycles. The van der Waals surface area contributed by atoms with Crippen LogP contribution >= 0.6 is 0 Å². The lowest BCUT2D eigenvalue weighted by molar-refractivity contribution is 0.812. The highest BCUT2D eigenvalue weighted by Gasteiger charge is 2.15. The molecule has 3 aromatic rings. The molecule has 0 spiro atoms. The second kappa shape index (κ2) is 3.56. The number of aromatic nitrogens is 5. The minimum absolute atomic E-state index is 0.699. The number of nitrogens with zero attached hydrogens (tertiary/aromatic N) is 5. The first-order valence-electron chi connectivity index (χ1n) is 5.67. The van der Waals surface area contributed by atoms with Crippen molar-refractivity contribution in [3.8, 4) is 5.82 Å². The Balaban J connectivity index is 2.35. The Kier molecular flexibility index (Phi) is 2.13. The van der Waals surface area contributed by atoms with Crippen molar-refractivity contribution in [2.75, 3.05) is 5.73 Å². The molecular weight excluding hydrogens is 228 g/mol. The average molecular weight is 242 g/mol. The summed E-state index contributed by atoms with van der Waals surface area (Å²) >= 11 is 0. The van der Waals surface area contributed by atoms with E-state index in [4.69, 9.17) is 5.73 Å². The van der Waals surface area contributed by atoms with Crippen LogP contribution in [0.5, 0.6) is 0 Å². The van der Waals surface area contributed by atoms with Gasteiger partial charge in [0.2, 0.25) is 0 Å². The molecule has 0 aliphatic rings. The van der Waals surface area contributed by atoms with Crippen molar-refractivity contribution in [1.29, 1.82) is 0 Å². The molecule has 3 aromatic heterocycles. The van der Waals surface area contributed by atoms with Gasteiger partial charge >= 0.3 is 0 Å². The molecule has 6 heteroatoms. The largest absolute Gasteiger partial charge is 0.396 e. The molecule has 0 radical (unpaired) electrons. The zero-order valence-corrected chi connectivity index (χ0v) is 10.5. The number of hydrogen-bond donors (Lipinski definition) is 1. The first-order chi connectivity index (χ1) is 8.59. The van der Waals surface area contributed by atoms with Gasteiger partial charge in [0.1, 0.15) is 5.52 Å². The zero-order chi connectivity index (χ0) is 12.9. The van der Waals surface area contributed by atoms with Crippen molar-refractivity contribution in [1.82, 2.24) is 24.3 Å². The number of imidazole rings is 1. The van der Waals surface area contributed by atoms with E-state index in [9.17, 15) is 0 Å². The molecule has 0 saturated heterocycles. The van der Waals surface area contributed by atoms with Gasteiger partial charge in [-0.3, -0.25) is 0 Å². The van der Waals surface area contributed by atoms with Gasteiger partial charge in [0.25, 0.3) is 0 Å². The van der Waals surface area contributed by atoms with Gasteiger partial charge in [-0.05, 0) is 19.9 Å². The molecule has 0 atom stereocenters. The number of nitrogens with two attached hydrogens (primary N) is 1. The van der Waals surface area contributed by atoms with Crippen LogP contribution in [0.25, 0.3) is 16.9 Å². The highest BCUT2D eigenvalue weighted by atomic mass is 15.3.